The summed E-state index contributed by atoms with van der Waals surface area (Å²) in [6.45, 7) is 3.91. The van der Waals surface area contributed by atoms with Crippen LogP contribution < -0.4 is 5.32 Å². The number of hydrogen-bond donors (Lipinski definition) is 1. The third-order valence-corrected chi connectivity index (χ3v) is 4.24. The van der Waals surface area contributed by atoms with Gasteiger partial charge in [0.05, 0.1) is 5.69 Å². The number of amides is 1. The Morgan fingerprint density at radius 3 is 3.00 bits per heavy atom. The Kier molecular flexibility index (Phi) is 4.08. The maximum absolute atomic E-state index is 12.1. The summed E-state index contributed by atoms with van der Waals surface area (Å²) in [6, 6.07) is 5.70. The molecule has 18 heavy (non-hydrogen) atoms. The number of carbonyl (C=O) groups excluding carboxylic acids is 1. The lowest BCUT2D eigenvalue weighted by Gasteiger charge is -2.08. The minimum Gasteiger partial charge on any atom is -0.321 e. The molecule has 94 valence electrons. The molecule has 0 radical (unpaired) electrons. The van der Waals surface area contributed by atoms with Crippen molar-refractivity contribution in [2.24, 2.45) is 0 Å². The van der Waals surface area contributed by atoms with E-state index in [9.17, 15) is 4.79 Å². The van der Waals surface area contributed by atoms with Crippen molar-refractivity contribution >= 4 is 39.1 Å². The lowest BCUT2D eigenvalue weighted by molar-refractivity contribution is 0.102. The Morgan fingerprint density at radius 1 is 1.50 bits per heavy atom. The van der Waals surface area contributed by atoms with E-state index >= 15 is 0 Å². The number of aromatic nitrogens is 2. The SMILES string of the molecule is CCc1nnsc1C(=O)Nc1cccc(Br)c1C. The molecule has 1 amide bonds. The Morgan fingerprint density at radius 2 is 2.28 bits per heavy atom. The highest BCUT2D eigenvalue weighted by atomic mass is 79.9. The number of hydrogen-bond acceptors (Lipinski definition) is 4. The first-order valence-corrected chi connectivity index (χ1v) is 7.07. The van der Waals surface area contributed by atoms with Crippen LogP contribution in [0.3, 0.4) is 0 Å². The van der Waals surface area contributed by atoms with Gasteiger partial charge in [0.2, 0.25) is 0 Å². The minimum atomic E-state index is -0.150. The van der Waals surface area contributed by atoms with Gasteiger partial charge in [-0.05, 0) is 42.6 Å². The molecular formula is C12H12BrN3OS. The van der Waals surface area contributed by atoms with Crippen molar-refractivity contribution in [3.8, 4) is 0 Å². The lowest BCUT2D eigenvalue weighted by atomic mass is 10.2. The molecule has 0 bridgehead atoms. The maximum Gasteiger partial charge on any atom is 0.269 e. The van der Waals surface area contributed by atoms with Crippen LogP contribution in [0.25, 0.3) is 0 Å². The van der Waals surface area contributed by atoms with Gasteiger partial charge in [0.15, 0.2) is 0 Å². The fraction of sp³-hybridized carbons (Fsp3) is 0.250. The molecule has 0 aliphatic carbocycles. The first kappa shape index (κ1) is 13.2. The monoisotopic (exact) mass is 325 g/mol. The summed E-state index contributed by atoms with van der Waals surface area (Å²) in [4.78, 5) is 12.7. The number of carbonyl (C=O) groups is 1. The molecule has 0 aliphatic heterocycles. The smallest absolute Gasteiger partial charge is 0.269 e. The molecule has 0 atom stereocenters. The quantitative estimate of drug-likeness (QED) is 0.940. The summed E-state index contributed by atoms with van der Waals surface area (Å²) in [5.41, 5.74) is 2.54. The van der Waals surface area contributed by atoms with Gasteiger partial charge < -0.3 is 5.32 Å². The first-order chi connectivity index (χ1) is 8.63. The van der Waals surface area contributed by atoms with E-state index in [4.69, 9.17) is 0 Å². The first-order valence-electron chi connectivity index (χ1n) is 5.51. The van der Waals surface area contributed by atoms with E-state index in [0.717, 1.165) is 32.9 Å². The molecule has 0 aliphatic rings. The highest BCUT2D eigenvalue weighted by molar-refractivity contribution is 9.10. The van der Waals surface area contributed by atoms with Crippen LogP contribution >= 0.6 is 27.5 Å². The van der Waals surface area contributed by atoms with Gasteiger partial charge in [-0.1, -0.05) is 33.4 Å². The molecule has 1 heterocycles. The van der Waals surface area contributed by atoms with Crippen molar-refractivity contribution in [2.45, 2.75) is 20.3 Å². The summed E-state index contributed by atoms with van der Waals surface area (Å²) >= 11 is 4.57. The van der Waals surface area contributed by atoms with E-state index in [1.165, 1.54) is 0 Å². The van der Waals surface area contributed by atoms with Gasteiger partial charge in [-0.3, -0.25) is 4.79 Å². The van der Waals surface area contributed by atoms with Crippen molar-refractivity contribution in [1.82, 2.24) is 9.59 Å². The zero-order valence-electron chi connectivity index (χ0n) is 10.0. The van der Waals surface area contributed by atoms with Gasteiger partial charge in [0.25, 0.3) is 5.91 Å². The van der Waals surface area contributed by atoms with Gasteiger partial charge in [0, 0.05) is 10.2 Å². The van der Waals surface area contributed by atoms with Crippen LogP contribution in [0, 0.1) is 6.92 Å². The third kappa shape index (κ3) is 2.59. The van der Waals surface area contributed by atoms with Gasteiger partial charge in [-0.15, -0.1) is 5.10 Å². The molecule has 1 N–H and O–H groups in total. The highest BCUT2D eigenvalue weighted by Crippen LogP contribution is 2.24. The molecule has 0 fully saturated rings. The standard InChI is InChI=1S/C12H12BrN3OS/c1-3-9-11(18-16-15-9)12(17)14-10-6-4-5-8(13)7(10)2/h4-6H,3H2,1-2H3,(H,14,17). The van der Waals surface area contributed by atoms with Crippen LogP contribution in [0.1, 0.15) is 27.9 Å². The number of aryl methyl sites for hydroxylation is 1. The number of nitrogens with one attached hydrogen (secondary N) is 1. The van der Waals surface area contributed by atoms with E-state index in [2.05, 4.69) is 30.8 Å². The average Bonchev–Trinajstić information content (AvgIpc) is 2.83. The van der Waals surface area contributed by atoms with Crippen molar-refractivity contribution < 1.29 is 4.79 Å². The summed E-state index contributed by atoms with van der Waals surface area (Å²) in [5.74, 6) is -0.150. The van der Waals surface area contributed by atoms with Gasteiger partial charge in [-0.25, -0.2) is 0 Å². The zero-order valence-corrected chi connectivity index (χ0v) is 12.4. The van der Waals surface area contributed by atoms with E-state index < -0.39 is 0 Å². The van der Waals surface area contributed by atoms with Crippen LogP contribution in [0.4, 0.5) is 5.69 Å². The average molecular weight is 326 g/mol. The van der Waals surface area contributed by atoms with E-state index in [1.807, 2.05) is 32.0 Å². The van der Waals surface area contributed by atoms with E-state index in [1.54, 1.807) is 0 Å². The lowest BCUT2D eigenvalue weighted by Crippen LogP contribution is -2.13. The molecule has 0 unspecified atom stereocenters. The Balaban J connectivity index is 2.24. The second-order valence-electron chi connectivity index (χ2n) is 3.77. The maximum atomic E-state index is 12.1. The topological polar surface area (TPSA) is 54.9 Å². The van der Waals surface area contributed by atoms with Crippen molar-refractivity contribution in [3.63, 3.8) is 0 Å². The molecule has 1 aromatic heterocycles. The summed E-state index contributed by atoms with van der Waals surface area (Å²) in [5, 5.41) is 6.83. The van der Waals surface area contributed by atoms with Crippen LogP contribution in [-0.4, -0.2) is 15.5 Å². The summed E-state index contributed by atoms with van der Waals surface area (Å²) < 4.78 is 4.79. The predicted octanol–water partition coefficient (Wildman–Crippen LogP) is 3.42. The molecule has 0 saturated heterocycles. The van der Waals surface area contributed by atoms with Crippen LogP contribution in [0.5, 0.6) is 0 Å². The number of benzene rings is 1. The van der Waals surface area contributed by atoms with E-state index in [-0.39, 0.29) is 5.91 Å². The molecule has 4 nitrogen and oxygen atoms in total. The zero-order chi connectivity index (χ0) is 13.1. The predicted molar refractivity (Wildman–Crippen MR) is 76.1 cm³/mol. The van der Waals surface area contributed by atoms with Crippen molar-refractivity contribution in [1.29, 1.82) is 0 Å². The number of halogens is 1. The normalized spacial score (nSPS) is 10.4. The fourth-order valence-corrected chi connectivity index (χ4v) is 2.55. The molecule has 6 heteroatoms. The van der Waals surface area contributed by atoms with Crippen LogP contribution in [0.15, 0.2) is 22.7 Å². The van der Waals surface area contributed by atoms with Gasteiger partial charge >= 0.3 is 0 Å². The fourth-order valence-electron chi connectivity index (χ4n) is 1.53. The highest BCUT2D eigenvalue weighted by Gasteiger charge is 2.16. The number of nitrogens with zero attached hydrogens (tertiary/aromatic N) is 2. The minimum absolute atomic E-state index is 0.150. The third-order valence-electron chi connectivity index (χ3n) is 2.61. The van der Waals surface area contributed by atoms with Crippen molar-refractivity contribution in [3.05, 3.63) is 38.8 Å². The second kappa shape index (κ2) is 5.58. The Labute approximate surface area is 118 Å². The second-order valence-corrected chi connectivity index (χ2v) is 5.38. The molecule has 0 spiro atoms. The molecule has 0 saturated carbocycles. The molecule has 1 aromatic carbocycles. The Bertz CT molecular complexity index is 582. The largest absolute Gasteiger partial charge is 0.321 e. The van der Waals surface area contributed by atoms with Gasteiger partial charge in [0.1, 0.15) is 4.88 Å². The van der Waals surface area contributed by atoms with Crippen LogP contribution in [-0.2, 0) is 6.42 Å². The van der Waals surface area contributed by atoms with Gasteiger partial charge in [-0.2, -0.15) is 0 Å². The molecular weight excluding hydrogens is 314 g/mol. The molecule has 2 rings (SSSR count). The number of rotatable bonds is 3. The van der Waals surface area contributed by atoms with E-state index in [0.29, 0.717) is 11.3 Å². The summed E-state index contributed by atoms with van der Waals surface area (Å²) in [7, 11) is 0. The molecule has 2 aromatic rings. The Hall–Kier alpha value is -1.27. The number of anilines is 1. The van der Waals surface area contributed by atoms with Crippen LogP contribution in [0.2, 0.25) is 0 Å². The van der Waals surface area contributed by atoms with Crippen molar-refractivity contribution in [2.75, 3.05) is 5.32 Å². The summed E-state index contributed by atoms with van der Waals surface area (Å²) in [6.07, 6.45) is 0.705.